The molecule has 52 valence electrons. The van der Waals surface area contributed by atoms with Gasteiger partial charge in [-0.1, -0.05) is 6.42 Å². The Balaban J connectivity index is 2.49. The molecule has 0 aromatic heterocycles. The summed E-state index contributed by atoms with van der Waals surface area (Å²) in [4.78, 5) is 10.8. The molecule has 0 heterocycles. The van der Waals surface area contributed by atoms with Crippen molar-refractivity contribution in [3.05, 3.63) is 0 Å². The Bertz CT molecular complexity index is 122. The second kappa shape index (κ2) is 2.48. The number of rotatable bonds is 1. The van der Waals surface area contributed by atoms with E-state index < -0.39 is 0 Å². The van der Waals surface area contributed by atoms with Gasteiger partial charge in [-0.15, -0.1) is 0 Å². The average molecular weight is 127 g/mol. The van der Waals surface area contributed by atoms with Crippen LogP contribution in [0.15, 0.2) is 0 Å². The number of ketones is 1. The van der Waals surface area contributed by atoms with Crippen molar-refractivity contribution in [2.75, 3.05) is 0 Å². The maximum atomic E-state index is 10.8. The zero-order chi connectivity index (χ0) is 6.85. The van der Waals surface area contributed by atoms with Crippen molar-refractivity contribution in [2.45, 2.75) is 32.2 Å². The fraction of sp³-hybridized carbons (Fsp3) is 0.857. The van der Waals surface area contributed by atoms with Crippen LogP contribution in [0.4, 0.5) is 0 Å². The fourth-order valence-electron chi connectivity index (χ4n) is 1.49. The van der Waals surface area contributed by atoms with Crippen molar-refractivity contribution < 1.29 is 4.79 Å². The highest BCUT2D eigenvalue weighted by Crippen LogP contribution is 2.24. The van der Waals surface area contributed by atoms with Gasteiger partial charge in [0.25, 0.3) is 0 Å². The Morgan fingerprint density at radius 1 is 1.56 bits per heavy atom. The summed E-state index contributed by atoms with van der Waals surface area (Å²) in [7, 11) is 0. The highest BCUT2D eigenvalue weighted by Gasteiger charge is 2.26. The topological polar surface area (TPSA) is 43.1 Å². The molecule has 0 unspecified atom stereocenters. The molecule has 0 radical (unpaired) electrons. The van der Waals surface area contributed by atoms with Crippen LogP contribution in [0.1, 0.15) is 26.2 Å². The van der Waals surface area contributed by atoms with E-state index >= 15 is 0 Å². The predicted molar refractivity (Wildman–Crippen MR) is 36.0 cm³/mol. The van der Waals surface area contributed by atoms with Crippen LogP contribution in [0.5, 0.6) is 0 Å². The minimum Gasteiger partial charge on any atom is -0.327 e. The highest BCUT2D eigenvalue weighted by atomic mass is 16.1. The van der Waals surface area contributed by atoms with Gasteiger partial charge in [0.15, 0.2) is 0 Å². The molecule has 1 aliphatic carbocycles. The third kappa shape index (κ3) is 1.30. The molecule has 9 heavy (non-hydrogen) atoms. The standard InChI is InChI=1S/C7H13NO/c1-5(9)6-3-2-4-7(6)8/h6-7H,2-4,8H2,1H3/t6-,7+/m0/s1. The summed E-state index contributed by atoms with van der Waals surface area (Å²) in [6.45, 7) is 1.63. The monoisotopic (exact) mass is 127 g/mol. The minimum absolute atomic E-state index is 0.155. The van der Waals surface area contributed by atoms with Gasteiger partial charge in [0.05, 0.1) is 0 Å². The van der Waals surface area contributed by atoms with Gasteiger partial charge in [0, 0.05) is 12.0 Å². The van der Waals surface area contributed by atoms with E-state index in [0.29, 0.717) is 0 Å². The van der Waals surface area contributed by atoms with Crippen LogP contribution in [-0.4, -0.2) is 11.8 Å². The van der Waals surface area contributed by atoms with E-state index in [9.17, 15) is 4.79 Å². The molecule has 0 bridgehead atoms. The predicted octanol–water partition coefficient (Wildman–Crippen LogP) is 0.703. The lowest BCUT2D eigenvalue weighted by Crippen LogP contribution is -2.28. The van der Waals surface area contributed by atoms with Crippen molar-refractivity contribution in [3.63, 3.8) is 0 Å². The smallest absolute Gasteiger partial charge is 0.134 e. The Morgan fingerprint density at radius 2 is 2.22 bits per heavy atom. The first-order valence-electron chi connectivity index (χ1n) is 3.48. The minimum atomic E-state index is 0.155. The maximum absolute atomic E-state index is 10.8. The molecule has 0 spiro atoms. The third-order valence-electron chi connectivity index (χ3n) is 2.09. The number of hydrogen-bond acceptors (Lipinski definition) is 2. The van der Waals surface area contributed by atoms with Crippen LogP contribution < -0.4 is 5.73 Å². The van der Waals surface area contributed by atoms with Gasteiger partial charge in [-0.05, 0) is 19.8 Å². The molecule has 1 aliphatic rings. The molecular formula is C7H13NO. The third-order valence-corrected chi connectivity index (χ3v) is 2.09. The Labute approximate surface area is 55.4 Å². The summed E-state index contributed by atoms with van der Waals surface area (Å²) in [5, 5.41) is 0. The summed E-state index contributed by atoms with van der Waals surface area (Å²) in [6, 6.07) is 0.155. The molecular weight excluding hydrogens is 114 g/mol. The number of carbonyl (C=O) groups is 1. The van der Waals surface area contributed by atoms with E-state index in [4.69, 9.17) is 5.73 Å². The fourth-order valence-corrected chi connectivity index (χ4v) is 1.49. The summed E-state index contributed by atoms with van der Waals surface area (Å²) < 4.78 is 0. The largest absolute Gasteiger partial charge is 0.327 e. The molecule has 2 N–H and O–H groups in total. The molecule has 0 aromatic carbocycles. The van der Waals surface area contributed by atoms with E-state index in [-0.39, 0.29) is 17.7 Å². The molecule has 1 rings (SSSR count). The van der Waals surface area contributed by atoms with Gasteiger partial charge >= 0.3 is 0 Å². The zero-order valence-corrected chi connectivity index (χ0v) is 5.76. The van der Waals surface area contributed by atoms with E-state index in [2.05, 4.69) is 0 Å². The van der Waals surface area contributed by atoms with Gasteiger partial charge in [0.2, 0.25) is 0 Å². The quantitative estimate of drug-likeness (QED) is 0.563. The zero-order valence-electron chi connectivity index (χ0n) is 5.76. The second-order valence-corrected chi connectivity index (χ2v) is 2.81. The van der Waals surface area contributed by atoms with Gasteiger partial charge < -0.3 is 5.73 Å². The lowest BCUT2D eigenvalue weighted by Gasteiger charge is -2.09. The Kier molecular flexibility index (Phi) is 1.86. The van der Waals surface area contributed by atoms with Crippen molar-refractivity contribution in [2.24, 2.45) is 11.7 Å². The second-order valence-electron chi connectivity index (χ2n) is 2.81. The average Bonchev–Trinajstić information content (AvgIpc) is 2.13. The molecule has 2 heteroatoms. The maximum Gasteiger partial charge on any atom is 0.134 e. The molecule has 0 saturated heterocycles. The summed E-state index contributed by atoms with van der Waals surface area (Å²) in [5.41, 5.74) is 5.66. The van der Waals surface area contributed by atoms with E-state index in [1.807, 2.05) is 0 Å². The Hall–Kier alpha value is -0.370. The van der Waals surface area contributed by atoms with Crippen LogP contribution >= 0.6 is 0 Å². The molecule has 1 saturated carbocycles. The SMILES string of the molecule is CC(=O)[C@@H]1CCC[C@H]1N. The van der Waals surface area contributed by atoms with Crippen molar-refractivity contribution in [1.29, 1.82) is 0 Å². The van der Waals surface area contributed by atoms with Gasteiger partial charge in [0.1, 0.15) is 5.78 Å². The lowest BCUT2D eigenvalue weighted by atomic mass is 10.0. The summed E-state index contributed by atoms with van der Waals surface area (Å²) in [5.74, 6) is 0.435. The van der Waals surface area contributed by atoms with Crippen molar-refractivity contribution in [3.8, 4) is 0 Å². The lowest BCUT2D eigenvalue weighted by molar-refractivity contribution is -0.120. The molecule has 0 amide bonds. The van der Waals surface area contributed by atoms with Gasteiger partial charge in [-0.25, -0.2) is 0 Å². The number of nitrogens with two attached hydrogens (primary N) is 1. The van der Waals surface area contributed by atoms with E-state index in [0.717, 1.165) is 19.3 Å². The van der Waals surface area contributed by atoms with Gasteiger partial charge in [-0.3, -0.25) is 4.79 Å². The molecule has 1 fully saturated rings. The van der Waals surface area contributed by atoms with Crippen LogP contribution in [0.25, 0.3) is 0 Å². The number of Topliss-reactive ketones (excluding diaryl/α,β-unsaturated/α-hetero) is 1. The number of hydrogen-bond donors (Lipinski definition) is 1. The van der Waals surface area contributed by atoms with E-state index in [1.54, 1.807) is 6.92 Å². The molecule has 2 atom stereocenters. The van der Waals surface area contributed by atoms with Crippen LogP contribution in [0, 0.1) is 5.92 Å². The summed E-state index contributed by atoms with van der Waals surface area (Å²) >= 11 is 0. The van der Waals surface area contributed by atoms with Crippen LogP contribution in [0.2, 0.25) is 0 Å². The van der Waals surface area contributed by atoms with Crippen molar-refractivity contribution >= 4 is 5.78 Å². The Morgan fingerprint density at radius 3 is 2.44 bits per heavy atom. The van der Waals surface area contributed by atoms with Gasteiger partial charge in [-0.2, -0.15) is 0 Å². The molecule has 0 aliphatic heterocycles. The summed E-state index contributed by atoms with van der Waals surface area (Å²) in [6.07, 6.45) is 3.17. The number of carbonyl (C=O) groups excluding carboxylic acids is 1. The molecule has 0 aromatic rings. The first-order chi connectivity index (χ1) is 4.22. The van der Waals surface area contributed by atoms with Crippen LogP contribution in [-0.2, 0) is 4.79 Å². The van der Waals surface area contributed by atoms with Crippen molar-refractivity contribution in [1.82, 2.24) is 0 Å². The molecule has 2 nitrogen and oxygen atoms in total. The normalized spacial score (nSPS) is 34.9. The highest BCUT2D eigenvalue weighted by molar-refractivity contribution is 5.79. The van der Waals surface area contributed by atoms with Crippen LogP contribution in [0.3, 0.4) is 0 Å². The first kappa shape index (κ1) is 6.75. The van der Waals surface area contributed by atoms with E-state index in [1.165, 1.54) is 0 Å². The first-order valence-corrected chi connectivity index (χ1v) is 3.48.